The van der Waals surface area contributed by atoms with Crippen LogP contribution in [0.5, 0.6) is 5.75 Å². The van der Waals surface area contributed by atoms with Gasteiger partial charge in [0.25, 0.3) is 0 Å². The molecule has 0 saturated carbocycles. The van der Waals surface area contributed by atoms with Gasteiger partial charge in [-0.2, -0.15) is 0 Å². The second-order valence-electron chi connectivity index (χ2n) is 6.91. The molecule has 0 aliphatic rings. The van der Waals surface area contributed by atoms with Crippen LogP contribution in [-0.4, -0.2) is 23.2 Å². The summed E-state index contributed by atoms with van der Waals surface area (Å²) in [5.74, 6) is 0.863. The van der Waals surface area contributed by atoms with E-state index in [1.54, 1.807) is 18.4 Å². The number of hydrogen-bond donors (Lipinski definition) is 1. The van der Waals surface area contributed by atoms with Gasteiger partial charge in [-0.25, -0.2) is 0 Å². The number of thiocarbonyl (C=S) groups is 1. The second-order valence-corrected chi connectivity index (χ2v) is 8.33. The highest BCUT2D eigenvalue weighted by Gasteiger charge is 2.19. The topological polar surface area (TPSA) is 24.5 Å². The van der Waals surface area contributed by atoms with Crippen LogP contribution in [0.2, 0.25) is 0 Å². The van der Waals surface area contributed by atoms with Crippen molar-refractivity contribution in [3.05, 3.63) is 82.0 Å². The van der Waals surface area contributed by atoms with Gasteiger partial charge in [0.05, 0.1) is 7.11 Å². The van der Waals surface area contributed by atoms with Crippen molar-refractivity contribution in [1.29, 1.82) is 0 Å². The molecule has 146 valence electrons. The number of thiophene rings is 1. The van der Waals surface area contributed by atoms with Crippen LogP contribution in [0.15, 0.2) is 66.0 Å². The lowest BCUT2D eigenvalue weighted by Crippen LogP contribution is -2.41. The van der Waals surface area contributed by atoms with Crippen molar-refractivity contribution in [3.8, 4) is 5.75 Å². The van der Waals surface area contributed by atoms with Gasteiger partial charge >= 0.3 is 0 Å². The summed E-state index contributed by atoms with van der Waals surface area (Å²) in [7, 11) is 1.69. The Balaban J connectivity index is 1.78. The summed E-state index contributed by atoms with van der Waals surface area (Å²) in [4.78, 5) is 3.63. The molecule has 3 rings (SSSR count). The summed E-state index contributed by atoms with van der Waals surface area (Å²) >= 11 is 7.60. The van der Waals surface area contributed by atoms with Gasteiger partial charge in [-0.3, -0.25) is 0 Å². The van der Waals surface area contributed by atoms with Crippen molar-refractivity contribution in [3.63, 3.8) is 0 Å². The maximum absolute atomic E-state index is 5.81. The first-order valence-electron chi connectivity index (χ1n) is 9.35. The fourth-order valence-corrected chi connectivity index (χ4v) is 4.29. The highest BCUT2D eigenvalue weighted by Crippen LogP contribution is 2.20. The van der Waals surface area contributed by atoms with Gasteiger partial charge in [-0.05, 0) is 72.9 Å². The Morgan fingerprint density at radius 3 is 2.57 bits per heavy atom. The Labute approximate surface area is 177 Å². The maximum Gasteiger partial charge on any atom is 0.173 e. The number of ether oxygens (including phenoxy) is 1. The number of benzene rings is 2. The summed E-state index contributed by atoms with van der Waals surface area (Å²) in [6.07, 6.45) is 0.962. The second kappa shape index (κ2) is 9.71. The van der Waals surface area contributed by atoms with Crippen molar-refractivity contribution in [1.82, 2.24) is 4.90 Å². The molecular formula is C23H26N2OS2. The normalized spacial score (nSPS) is 11.7. The molecule has 1 heterocycles. The minimum Gasteiger partial charge on any atom is -0.497 e. The molecule has 1 atom stereocenters. The van der Waals surface area contributed by atoms with Crippen LogP contribution in [0.4, 0.5) is 5.69 Å². The zero-order valence-electron chi connectivity index (χ0n) is 16.5. The highest BCUT2D eigenvalue weighted by atomic mass is 32.1. The van der Waals surface area contributed by atoms with Crippen LogP contribution >= 0.6 is 23.6 Å². The van der Waals surface area contributed by atoms with E-state index < -0.39 is 0 Å². The third-order valence-electron chi connectivity index (χ3n) is 4.65. The number of rotatable bonds is 7. The molecule has 0 unspecified atom stereocenters. The van der Waals surface area contributed by atoms with E-state index in [0.29, 0.717) is 0 Å². The Morgan fingerprint density at radius 1 is 1.14 bits per heavy atom. The molecule has 0 aliphatic carbocycles. The Hall–Kier alpha value is -2.37. The average Bonchev–Trinajstić information content (AvgIpc) is 3.19. The molecule has 0 bridgehead atoms. The van der Waals surface area contributed by atoms with Gasteiger partial charge in [0.2, 0.25) is 0 Å². The van der Waals surface area contributed by atoms with E-state index in [2.05, 4.69) is 71.9 Å². The number of hydrogen-bond acceptors (Lipinski definition) is 3. The van der Waals surface area contributed by atoms with Crippen LogP contribution in [0.25, 0.3) is 0 Å². The van der Waals surface area contributed by atoms with Crippen molar-refractivity contribution in [2.24, 2.45) is 0 Å². The van der Waals surface area contributed by atoms with Crippen LogP contribution < -0.4 is 10.1 Å². The lowest BCUT2D eigenvalue weighted by molar-refractivity contribution is 0.326. The fourth-order valence-electron chi connectivity index (χ4n) is 3.10. The molecule has 28 heavy (non-hydrogen) atoms. The molecule has 0 aliphatic heterocycles. The van der Waals surface area contributed by atoms with Gasteiger partial charge in [-0.1, -0.05) is 30.3 Å². The van der Waals surface area contributed by atoms with E-state index in [9.17, 15) is 0 Å². The van der Waals surface area contributed by atoms with Gasteiger partial charge in [-0.15, -0.1) is 11.3 Å². The van der Waals surface area contributed by atoms with E-state index in [1.165, 1.54) is 16.0 Å². The Bertz CT molecular complexity index is 891. The SMILES string of the molecule is COc1ccc(CN(C(=S)Nc2cccc(C)c2)[C@@H](C)Cc2cccs2)cc1. The quantitative estimate of drug-likeness (QED) is 0.491. The summed E-state index contributed by atoms with van der Waals surface area (Å²) in [6.45, 7) is 5.06. The zero-order chi connectivity index (χ0) is 19.9. The largest absolute Gasteiger partial charge is 0.497 e. The maximum atomic E-state index is 5.81. The lowest BCUT2D eigenvalue weighted by atomic mass is 10.1. The third kappa shape index (κ3) is 5.57. The van der Waals surface area contributed by atoms with Crippen molar-refractivity contribution in [2.45, 2.75) is 32.9 Å². The summed E-state index contributed by atoms with van der Waals surface area (Å²) < 4.78 is 5.28. The molecule has 1 aromatic heterocycles. The Morgan fingerprint density at radius 2 is 1.93 bits per heavy atom. The standard InChI is InChI=1S/C23H26N2OS2/c1-17-6-4-7-20(14-17)24-23(27)25(18(2)15-22-8-5-13-28-22)16-19-9-11-21(26-3)12-10-19/h4-14,18H,15-16H2,1-3H3,(H,24,27)/t18-/m0/s1. The van der Waals surface area contributed by atoms with Crippen LogP contribution in [0.3, 0.4) is 0 Å². The minimum absolute atomic E-state index is 0.269. The highest BCUT2D eigenvalue weighted by molar-refractivity contribution is 7.80. The van der Waals surface area contributed by atoms with Crippen LogP contribution in [-0.2, 0) is 13.0 Å². The molecule has 0 saturated heterocycles. The molecule has 0 radical (unpaired) electrons. The molecular weight excluding hydrogens is 384 g/mol. The number of nitrogens with one attached hydrogen (secondary N) is 1. The van der Waals surface area contributed by atoms with E-state index in [-0.39, 0.29) is 6.04 Å². The van der Waals surface area contributed by atoms with E-state index >= 15 is 0 Å². The van der Waals surface area contributed by atoms with Gasteiger partial charge in [0.15, 0.2) is 5.11 Å². The molecule has 1 N–H and O–H groups in total. The summed E-state index contributed by atoms with van der Waals surface area (Å²) in [6, 6.07) is 21.0. The molecule has 3 aromatic rings. The predicted molar refractivity (Wildman–Crippen MR) is 123 cm³/mol. The van der Waals surface area contributed by atoms with Crippen molar-refractivity contribution >= 4 is 34.4 Å². The minimum atomic E-state index is 0.269. The number of anilines is 1. The fraction of sp³-hybridized carbons (Fsp3) is 0.261. The first-order valence-corrected chi connectivity index (χ1v) is 10.6. The van der Waals surface area contributed by atoms with Crippen molar-refractivity contribution < 1.29 is 4.74 Å². The summed E-state index contributed by atoms with van der Waals surface area (Å²) in [5, 5.41) is 6.29. The van der Waals surface area contributed by atoms with Gasteiger partial charge in [0.1, 0.15) is 5.75 Å². The third-order valence-corrected chi connectivity index (χ3v) is 5.89. The van der Waals surface area contributed by atoms with E-state index in [4.69, 9.17) is 17.0 Å². The zero-order valence-corrected chi connectivity index (χ0v) is 18.1. The monoisotopic (exact) mass is 410 g/mol. The van der Waals surface area contributed by atoms with Crippen LogP contribution in [0.1, 0.15) is 22.9 Å². The summed E-state index contributed by atoms with van der Waals surface area (Å²) in [5.41, 5.74) is 3.43. The van der Waals surface area contributed by atoms with Crippen molar-refractivity contribution in [2.75, 3.05) is 12.4 Å². The molecule has 0 amide bonds. The number of nitrogens with zero attached hydrogens (tertiary/aromatic N) is 1. The molecule has 0 fully saturated rings. The van der Waals surface area contributed by atoms with Gasteiger partial charge < -0.3 is 15.0 Å². The lowest BCUT2D eigenvalue weighted by Gasteiger charge is -2.32. The van der Waals surface area contributed by atoms with Crippen LogP contribution in [0, 0.1) is 6.92 Å². The first kappa shape index (κ1) is 20.4. The van der Waals surface area contributed by atoms with E-state index in [0.717, 1.165) is 29.5 Å². The molecule has 0 spiro atoms. The Kier molecular flexibility index (Phi) is 7.06. The number of methoxy groups -OCH3 is 1. The molecule has 3 nitrogen and oxygen atoms in total. The molecule has 2 aromatic carbocycles. The smallest absolute Gasteiger partial charge is 0.173 e. The molecule has 5 heteroatoms. The number of aryl methyl sites for hydroxylation is 1. The van der Waals surface area contributed by atoms with Gasteiger partial charge in [0, 0.05) is 29.6 Å². The average molecular weight is 411 g/mol. The first-order chi connectivity index (χ1) is 13.5. The predicted octanol–water partition coefficient (Wildman–Crippen LogP) is 5.90. The van der Waals surface area contributed by atoms with E-state index in [1.807, 2.05) is 18.2 Å².